The highest BCUT2D eigenvalue weighted by molar-refractivity contribution is 7.89. The predicted octanol–water partition coefficient (Wildman–Crippen LogP) is 3.46. The molecular weight excluding hydrogens is 504 g/mol. The molecule has 0 amide bonds. The van der Waals surface area contributed by atoms with Crippen LogP contribution in [0.15, 0.2) is 59.8 Å². The smallest absolute Gasteiger partial charge is 0.243 e. The molecule has 0 aliphatic heterocycles. The van der Waals surface area contributed by atoms with Crippen LogP contribution < -0.4 is 14.2 Å². The Morgan fingerprint density at radius 3 is 2.21 bits per heavy atom. The molecule has 206 valence electrons. The van der Waals surface area contributed by atoms with Crippen molar-refractivity contribution in [3.05, 3.63) is 60.4 Å². The molecule has 0 atom stereocenters. The zero-order chi connectivity index (χ0) is 27.7. The lowest BCUT2D eigenvalue weighted by Gasteiger charge is -2.26. The molecule has 0 saturated carbocycles. The molecule has 0 N–H and O–H groups in total. The van der Waals surface area contributed by atoms with Crippen molar-refractivity contribution in [3.8, 4) is 17.2 Å². The minimum absolute atomic E-state index is 0.307. The summed E-state index contributed by atoms with van der Waals surface area (Å²) >= 11 is 0. The van der Waals surface area contributed by atoms with E-state index in [1.807, 2.05) is 56.4 Å². The monoisotopic (exact) mass is 542 g/mol. The summed E-state index contributed by atoms with van der Waals surface area (Å²) in [6, 6.07) is 10.8. The van der Waals surface area contributed by atoms with Crippen LogP contribution in [0.2, 0.25) is 0 Å². The van der Waals surface area contributed by atoms with E-state index in [-0.39, 0.29) is 0 Å². The number of benzene rings is 2. The predicted molar refractivity (Wildman–Crippen MR) is 152 cm³/mol. The van der Waals surface area contributed by atoms with Gasteiger partial charge in [0, 0.05) is 55.9 Å². The first-order valence-electron chi connectivity index (χ1n) is 12.3. The van der Waals surface area contributed by atoms with Gasteiger partial charge in [-0.1, -0.05) is 24.3 Å². The number of hydrogen-bond acceptors (Lipinski definition) is 8. The molecule has 3 aromatic rings. The maximum Gasteiger partial charge on any atom is 0.243 e. The lowest BCUT2D eigenvalue weighted by atomic mass is 10.1. The summed E-state index contributed by atoms with van der Waals surface area (Å²) in [7, 11) is 6.89. The molecule has 0 unspecified atom stereocenters. The molecule has 0 aliphatic rings. The molecule has 1 heterocycles. The third-order valence-electron chi connectivity index (χ3n) is 6.20. The Bertz CT molecular complexity index is 1310. The number of pyridine rings is 1. The largest absolute Gasteiger partial charge is 0.493 e. The van der Waals surface area contributed by atoms with E-state index in [1.165, 1.54) is 0 Å². The van der Waals surface area contributed by atoms with E-state index in [2.05, 4.69) is 9.88 Å². The fourth-order valence-corrected chi connectivity index (χ4v) is 5.70. The Morgan fingerprint density at radius 2 is 1.58 bits per heavy atom. The van der Waals surface area contributed by atoms with E-state index < -0.39 is 10.0 Å². The summed E-state index contributed by atoms with van der Waals surface area (Å²) in [5, 5.41) is 1.48. The molecular formula is C28H38N4O5S. The van der Waals surface area contributed by atoms with Crippen LogP contribution in [-0.4, -0.2) is 103 Å². The van der Waals surface area contributed by atoms with Crippen molar-refractivity contribution >= 4 is 26.9 Å². The molecule has 0 spiro atoms. The van der Waals surface area contributed by atoms with Gasteiger partial charge in [-0.15, -0.1) is 0 Å². The van der Waals surface area contributed by atoms with E-state index in [0.717, 1.165) is 10.9 Å². The van der Waals surface area contributed by atoms with E-state index in [0.29, 0.717) is 60.3 Å². The van der Waals surface area contributed by atoms with Gasteiger partial charge in [0.25, 0.3) is 0 Å². The second-order valence-electron chi connectivity index (χ2n) is 9.18. The number of aromatic nitrogens is 1. The van der Waals surface area contributed by atoms with Crippen LogP contribution in [0, 0.1) is 0 Å². The Balaban J connectivity index is 1.73. The van der Waals surface area contributed by atoms with Gasteiger partial charge in [-0.2, -0.15) is 4.31 Å². The van der Waals surface area contributed by atoms with Gasteiger partial charge in [0.15, 0.2) is 11.5 Å². The number of ether oxygens (including phenoxy) is 3. The average Bonchev–Trinajstić information content (AvgIpc) is 2.91. The summed E-state index contributed by atoms with van der Waals surface area (Å²) in [6.45, 7) is 2.59. The quantitative estimate of drug-likeness (QED) is 0.306. The van der Waals surface area contributed by atoms with Crippen LogP contribution in [0.3, 0.4) is 0 Å². The second-order valence-corrected chi connectivity index (χ2v) is 11.1. The molecule has 38 heavy (non-hydrogen) atoms. The van der Waals surface area contributed by atoms with Crippen molar-refractivity contribution < 1.29 is 22.6 Å². The van der Waals surface area contributed by atoms with Gasteiger partial charge in [-0.25, -0.2) is 8.42 Å². The fourth-order valence-electron chi connectivity index (χ4n) is 4.06. The van der Waals surface area contributed by atoms with Crippen molar-refractivity contribution in [1.29, 1.82) is 0 Å². The first-order chi connectivity index (χ1) is 18.2. The summed E-state index contributed by atoms with van der Waals surface area (Å²) in [5.74, 6) is 1.72. The van der Waals surface area contributed by atoms with Gasteiger partial charge in [0.2, 0.25) is 15.8 Å². The normalized spacial score (nSPS) is 12.2. The van der Waals surface area contributed by atoms with Gasteiger partial charge in [0.1, 0.15) is 0 Å². The molecule has 1 aromatic heterocycles. The van der Waals surface area contributed by atoms with E-state index in [1.54, 1.807) is 56.2 Å². The van der Waals surface area contributed by atoms with Crippen molar-refractivity contribution in [3.63, 3.8) is 0 Å². The number of sulfonamides is 1. The van der Waals surface area contributed by atoms with Crippen molar-refractivity contribution in [1.82, 2.24) is 19.1 Å². The zero-order valence-corrected chi connectivity index (χ0v) is 23.9. The number of fused-ring (bicyclic) bond motifs is 1. The van der Waals surface area contributed by atoms with Gasteiger partial charge >= 0.3 is 0 Å². The van der Waals surface area contributed by atoms with Crippen LogP contribution in [0.1, 0.15) is 5.56 Å². The minimum Gasteiger partial charge on any atom is -0.493 e. The number of nitrogens with zero attached hydrogens (tertiary/aromatic N) is 4. The molecule has 0 saturated heterocycles. The standard InChI is InChI=1S/C28H38N4O5S/c1-30(2)15-17-32(38(33,34)27-11-7-10-23-21-29-13-12-24(23)27)18-16-31(3)14-8-9-22-19-25(35-4)28(37-6)26(20-22)36-5/h7-13,19-21H,14-18H2,1-6H3/b9-8+. The van der Waals surface area contributed by atoms with Crippen molar-refractivity contribution in [2.45, 2.75) is 4.90 Å². The molecule has 0 radical (unpaired) electrons. The topological polar surface area (TPSA) is 84.4 Å². The highest BCUT2D eigenvalue weighted by Crippen LogP contribution is 2.38. The first-order valence-corrected chi connectivity index (χ1v) is 13.8. The first kappa shape index (κ1) is 29.4. The second kappa shape index (κ2) is 13.6. The Hall–Kier alpha value is -3.18. The van der Waals surface area contributed by atoms with Crippen LogP contribution in [-0.2, 0) is 10.0 Å². The Morgan fingerprint density at radius 1 is 0.895 bits per heavy atom. The van der Waals surface area contributed by atoms with Gasteiger partial charge in [-0.3, -0.25) is 4.98 Å². The molecule has 2 aromatic carbocycles. The number of methoxy groups -OCH3 is 3. The number of hydrogen-bond donors (Lipinski definition) is 0. The zero-order valence-electron chi connectivity index (χ0n) is 23.0. The number of rotatable bonds is 14. The molecule has 3 rings (SSSR count). The highest BCUT2D eigenvalue weighted by Gasteiger charge is 2.26. The Labute approximate surface area is 226 Å². The highest BCUT2D eigenvalue weighted by atomic mass is 32.2. The van der Waals surface area contributed by atoms with E-state index in [9.17, 15) is 8.42 Å². The lowest BCUT2D eigenvalue weighted by Crippen LogP contribution is -2.41. The van der Waals surface area contributed by atoms with E-state index in [4.69, 9.17) is 14.2 Å². The summed E-state index contributed by atoms with van der Waals surface area (Å²) < 4.78 is 45.3. The third kappa shape index (κ3) is 7.22. The Kier molecular flexibility index (Phi) is 10.5. The van der Waals surface area contributed by atoms with E-state index >= 15 is 0 Å². The molecule has 0 aliphatic carbocycles. The minimum atomic E-state index is -3.71. The van der Waals surface area contributed by atoms with Crippen molar-refractivity contribution in [2.75, 3.05) is 75.2 Å². The average molecular weight is 543 g/mol. The summed E-state index contributed by atoms with van der Waals surface area (Å²) in [6.07, 6.45) is 7.31. The maximum atomic E-state index is 13.8. The fraction of sp³-hybridized carbons (Fsp3) is 0.393. The van der Waals surface area contributed by atoms with Crippen LogP contribution in [0.5, 0.6) is 17.2 Å². The molecule has 10 heteroatoms. The molecule has 9 nitrogen and oxygen atoms in total. The lowest BCUT2D eigenvalue weighted by molar-refractivity contribution is 0.290. The van der Waals surface area contributed by atoms with Crippen molar-refractivity contribution in [2.24, 2.45) is 0 Å². The SMILES string of the molecule is COc1cc(/C=C/CN(C)CCN(CCN(C)C)S(=O)(=O)c2cccc3cnccc23)cc(OC)c1OC. The van der Waals surface area contributed by atoms with Crippen LogP contribution in [0.25, 0.3) is 16.8 Å². The summed E-state index contributed by atoms with van der Waals surface area (Å²) in [5.41, 5.74) is 0.911. The van der Waals surface area contributed by atoms with Gasteiger partial charge in [-0.05, 0) is 51.0 Å². The molecule has 0 bridgehead atoms. The summed E-state index contributed by atoms with van der Waals surface area (Å²) in [4.78, 5) is 8.50. The van der Waals surface area contributed by atoms with Gasteiger partial charge in [0.05, 0.1) is 26.2 Å². The third-order valence-corrected chi connectivity index (χ3v) is 8.16. The molecule has 0 fully saturated rings. The van der Waals surface area contributed by atoms with Crippen LogP contribution in [0.4, 0.5) is 0 Å². The number of likely N-dealkylation sites (N-methyl/N-ethyl adjacent to an activating group) is 2. The van der Waals surface area contributed by atoms with Crippen LogP contribution >= 0.6 is 0 Å². The maximum absolute atomic E-state index is 13.8. The van der Waals surface area contributed by atoms with Gasteiger partial charge < -0.3 is 24.0 Å².